The first kappa shape index (κ1) is 13.1. The second-order valence-corrected chi connectivity index (χ2v) is 4.71. The molecule has 1 fully saturated rings. The van der Waals surface area contributed by atoms with E-state index in [0.29, 0.717) is 5.88 Å². The number of hydrogen-bond acceptors (Lipinski definition) is 3. The SMILES string of the molecule is C[C@H]1CC[C@H](Oc2cc(OC(F)F)ccn2)CC1. The van der Waals surface area contributed by atoms with Crippen LogP contribution in [0.5, 0.6) is 11.6 Å². The van der Waals surface area contributed by atoms with E-state index in [0.717, 1.165) is 31.6 Å². The van der Waals surface area contributed by atoms with Crippen LogP contribution in [0.2, 0.25) is 0 Å². The van der Waals surface area contributed by atoms with Crippen molar-refractivity contribution in [1.29, 1.82) is 0 Å². The lowest BCUT2D eigenvalue weighted by molar-refractivity contribution is -0.0500. The molecule has 1 aromatic rings. The number of alkyl halides is 2. The zero-order valence-corrected chi connectivity index (χ0v) is 10.3. The molecule has 0 spiro atoms. The Labute approximate surface area is 105 Å². The van der Waals surface area contributed by atoms with Crippen LogP contribution in [-0.2, 0) is 0 Å². The van der Waals surface area contributed by atoms with Crippen LogP contribution in [0.3, 0.4) is 0 Å². The number of rotatable bonds is 4. The molecule has 1 saturated carbocycles. The molecule has 1 aromatic heterocycles. The highest BCUT2D eigenvalue weighted by atomic mass is 19.3. The Morgan fingerprint density at radius 2 is 2.00 bits per heavy atom. The molecule has 0 saturated heterocycles. The van der Waals surface area contributed by atoms with Gasteiger partial charge in [-0.25, -0.2) is 4.98 Å². The molecule has 3 nitrogen and oxygen atoms in total. The molecular weight excluding hydrogens is 240 g/mol. The van der Waals surface area contributed by atoms with Gasteiger partial charge in [0.1, 0.15) is 11.9 Å². The number of nitrogens with zero attached hydrogens (tertiary/aromatic N) is 1. The van der Waals surface area contributed by atoms with Gasteiger partial charge >= 0.3 is 6.61 Å². The highest BCUT2D eigenvalue weighted by Crippen LogP contribution is 2.27. The molecule has 0 aromatic carbocycles. The first-order valence-electron chi connectivity index (χ1n) is 6.21. The molecule has 5 heteroatoms. The van der Waals surface area contributed by atoms with E-state index < -0.39 is 6.61 Å². The summed E-state index contributed by atoms with van der Waals surface area (Å²) in [5, 5.41) is 0. The van der Waals surface area contributed by atoms with E-state index in [1.807, 2.05) is 0 Å². The number of ether oxygens (including phenoxy) is 2. The van der Waals surface area contributed by atoms with Crippen molar-refractivity contribution >= 4 is 0 Å². The van der Waals surface area contributed by atoms with Gasteiger partial charge in [-0.1, -0.05) is 6.92 Å². The fraction of sp³-hybridized carbons (Fsp3) is 0.615. The Bertz CT molecular complexity index is 379. The second kappa shape index (κ2) is 5.98. The average Bonchev–Trinajstić information content (AvgIpc) is 2.32. The molecule has 0 unspecified atom stereocenters. The second-order valence-electron chi connectivity index (χ2n) is 4.71. The smallest absolute Gasteiger partial charge is 0.387 e. The monoisotopic (exact) mass is 257 g/mol. The van der Waals surface area contributed by atoms with Gasteiger partial charge in [0, 0.05) is 12.3 Å². The minimum atomic E-state index is -2.82. The van der Waals surface area contributed by atoms with Gasteiger partial charge in [0.15, 0.2) is 0 Å². The standard InChI is InChI=1S/C13H17F2NO2/c1-9-2-4-10(5-3-9)17-12-8-11(6-7-16-12)18-13(14)15/h6-10,13H,2-5H2,1H3/t9-,10-. The molecule has 0 radical (unpaired) electrons. The number of pyridine rings is 1. The molecule has 1 aliphatic carbocycles. The topological polar surface area (TPSA) is 31.4 Å². The van der Waals surface area contributed by atoms with Gasteiger partial charge in [-0.15, -0.1) is 0 Å². The Hall–Kier alpha value is -1.39. The lowest BCUT2D eigenvalue weighted by Crippen LogP contribution is -2.23. The zero-order chi connectivity index (χ0) is 13.0. The predicted molar refractivity (Wildman–Crippen MR) is 62.9 cm³/mol. The summed E-state index contributed by atoms with van der Waals surface area (Å²) in [5.41, 5.74) is 0. The molecule has 18 heavy (non-hydrogen) atoms. The van der Waals surface area contributed by atoms with Gasteiger partial charge in [-0.05, 0) is 37.7 Å². The van der Waals surface area contributed by atoms with Crippen LogP contribution < -0.4 is 9.47 Å². The van der Waals surface area contributed by atoms with Gasteiger partial charge in [0.25, 0.3) is 0 Å². The number of aromatic nitrogens is 1. The van der Waals surface area contributed by atoms with Gasteiger partial charge < -0.3 is 9.47 Å². The molecule has 0 N–H and O–H groups in total. The van der Waals surface area contributed by atoms with E-state index in [-0.39, 0.29) is 11.9 Å². The van der Waals surface area contributed by atoms with Gasteiger partial charge in [-0.2, -0.15) is 8.78 Å². The summed E-state index contributed by atoms with van der Waals surface area (Å²) in [6, 6.07) is 2.80. The van der Waals surface area contributed by atoms with Crippen LogP contribution in [0, 0.1) is 5.92 Å². The van der Waals surface area contributed by atoms with Crippen molar-refractivity contribution in [2.45, 2.75) is 45.3 Å². The number of hydrogen-bond donors (Lipinski definition) is 0. The summed E-state index contributed by atoms with van der Waals surface area (Å²) in [6.07, 6.45) is 5.80. The summed E-state index contributed by atoms with van der Waals surface area (Å²) in [5.74, 6) is 1.18. The van der Waals surface area contributed by atoms with Crippen molar-refractivity contribution in [2.75, 3.05) is 0 Å². The minimum Gasteiger partial charge on any atom is -0.474 e. The van der Waals surface area contributed by atoms with E-state index in [1.54, 1.807) is 0 Å². The molecule has 2 rings (SSSR count). The van der Waals surface area contributed by atoms with Crippen molar-refractivity contribution in [3.63, 3.8) is 0 Å². The summed E-state index contributed by atoms with van der Waals surface area (Å²) >= 11 is 0. The fourth-order valence-electron chi connectivity index (χ4n) is 2.15. The summed E-state index contributed by atoms with van der Waals surface area (Å²) < 4.78 is 34.1. The zero-order valence-electron chi connectivity index (χ0n) is 10.3. The third-order valence-electron chi connectivity index (χ3n) is 3.18. The van der Waals surface area contributed by atoms with E-state index in [9.17, 15) is 8.78 Å². The molecule has 100 valence electrons. The van der Waals surface area contributed by atoms with Gasteiger partial charge in [0.05, 0.1) is 0 Å². The highest BCUT2D eigenvalue weighted by molar-refractivity contribution is 5.26. The molecule has 0 atom stereocenters. The molecule has 0 amide bonds. The van der Waals surface area contributed by atoms with E-state index in [1.165, 1.54) is 18.3 Å². The summed E-state index contributed by atoms with van der Waals surface area (Å²) in [7, 11) is 0. The van der Waals surface area contributed by atoms with Crippen molar-refractivity contribution in [3.05, 3.63) is 18.3 Å². The normalized spacial score (nSPS) is 24.0. The Morgan fingerprint density at radius 1 is 1.28 bits per heavy atom. The van der Waals surface area contributed by atoms with Crippen LogP contribution in [0.15, 0.2) is 18.3 Å². The van der Waals surface area contributed by atoms with E-state index >= 15 is 0 Å². The van der Waals surface area contributed by atoms with Crippen molar-refractivity contribution in [2.24, 2.45) is 5.92 Å². The van der Waals surface area contributed by atoms with Crippen LogP contribution in [-0.4, -0.2) is 17.7 Å². The molecule has 1 heterocycles. The van der Waals surface area contributed by atoms with Crippen LogP contribution in [0.1, 0.15) is 32.6 Å². The Morgan fingerprint density at radius 3 is 2.67 bits per heavy atom. The van der Waals surface area contributed by atoms with Gasteiger partial charge in [-0.3, -0.25) is 0 Å². The van der Waals surface area contributed by atoms with Crippen LogP contribution >= 0.6 is 0 Å². The van der Waals surface area contributed by atoms with Crippen molar-refractivity contribution < 1.29 is 18.3 Å². The minimum absolute atomic E-state index is 0.0826. The quantitative estimate of drug-likeness (QED) is 0.825. The largest absolute Gasteiger partial charge is 0.474 e. The Balaban J connectivity index is 1.92. The number of halogens is 2. The Kier molecular flexibility index (Phi) is 4.33. The van der Waals surface area contributed by atoms with E-state index in [4.69, 9.17) is 4.74 Å². The summed E-state index contributed by atoms with van der Waals surface area (Å²) in [4.78, 5) is 4.01. The van der Waals surface area contributed by atoms with Gasteiger partial charge in [0.2, 0.25) is 5.88 Å². The third-order valence-corrected chi connectivity index (χ3v) is 3.18. The fourth-order valence-corrected chi connectivity index (χ4v) is 2.15. The first-order valence-corrected chi connectivity index (χ1v) is 6.21. The lowest BCUT2D eigenvalue weighted by Gasteiger charge is -2.26. The molecule has 0 bridgehead atoms. The molecular formula is C13H17F2NO2. The average molecular weight is 257 g/mol. The van der Waals surface area contributed by atoms with Crippen LogP contribution in [0.25, 0.3) is 0 Å². The highest BCUT2D eigenvalue weighted by Gasteiger charge is 2.20. The third kappa shape index (κ3) is 3.82. The first-order chi connectivity index (χ1) is 8.63. The predicted octanol–water partition coefficient (Wildman–Crippen LogP) is 3.64. The lowest BCUT2D eigenvalue weighted by atomic mass is 9.89. The maximum atomic E-state index is 12.1. The molecule has 1 aliphatic rings. The maximum Gasteiger partial charge on any atom is 0.387 e. The van der Waals surface area contributed by atoms with Crippen LogP contribution in [0.4, 0.5) is 8.78 Å². The maximum absolute atomic E-state index is 12.1. The molecule has 0 aliphatic heterocycles. The van der Waals surface area contributed by atoms with Crippen molar-refractivity contribution in [1.82, 2.24) is 4.98 Å². The van der Waals surface area contributed by atoms with E-state index in [2.05, 4.69) is 16.6 Å². The van der Waals surface area contributed by atoms with Crippen molar-refractivity contribution in [3.8, 4) is 11.6 Å². The summed E-state index contributed by atoms with van der Waals surface area (Å²) in [6.45, 7) is -0.596.